The minimum Gasteiger partial charge on any atom is -0.497 e. The molecule has 0 aliphatic rings. The third-order valence-electron chi connectivity index (χ3n) is 3.04. The largest absolute Gasteiger partial charge is 0.497 e. The molecule has 0 atom stereocenters. The fraction of sp³-hybridized carbons (Fsp3) is 0.400. The number of rotatable bonds is 6. The summed E-state index contributed by atoms with van der Waals surface area (Å²) in [5.74, 6) is 1.16. The molecule has 1 N–H and O–H groups in total. The summed E-state index contributed by atoms with van der Waals surface area (Å²) < 4.78 is 9.11. The summed E-state index contributed by atoms with van der Waals surface area (Å²) in [5, 5.41) is 6.99. The zero-order valence-corrected chi connectivity index (χ0v) is 13.2. The zero-order valence-electron chi connectivity index (χ0n) is 12.4. The smallest absolute Gasteiger partial charge is 0.265 e. The Kier molecular flexibility index (Phi) is 5.27. The number of hydrogen-bond acceptors (Lipinski definition) is 5. The third kappa shape index (κ3) is 4.01. The van der Waals surface area contributed by atoms with E-state index in [-0.39, 0.29) is 5.91 Å². The lowest BCUT2D eigenvalue weighted by molar-refractivity contribution is 0.0956. The maximum absolute atomic E-state index is 12.2. The Bertz CT molecular complexity index is 610. The first-order chi connectivity index (χ1) is 10.1. The molecule has 1 heterocycles. The first kappa shape index (κ1) is 15.4. The van der Waals surface area contributed by atoms with Crippen molar-refractivity contribution in [3.63, 3.8) is 0 Å². The number of hydrogen-bond donors (Lipinski definition) is 1. The number of benzene rings is 1. The molecule has 1 amide bonds. The van der Waals surface area contributed by atoms with E-state index in [2.05, 4.69) is 28.8 Å². The van der Waals surface area contributed by atoms with Gasteiger partial charge in [0.2, 0.25) is 0 Å². The second-order valence-electron chi connectivity index (χ2n) is 5.12. The minimum absolute atomic E-state index is 0.122. The molecule has 0 bridgehead atoms. The van der Waals surface area contributed by atoms with Crippen molar-refractivity contribution in [3.8, 4) is 17.0 Å². The number of nitrogens with one attached hydrogen (secondary N) is 1. The van der Waals surface area contributed by atoms with Crippen molar-refractivity contribution in [3.05, 3.63) is 29.1 Å². The topological polar surface area (TPSA) is 64.1 Å². The molecule has 0 aliphatic heterocycles. The maximum Gasteiger partial charge on any atom is 0.265 e. The zero-order chi connectivity index (χ0) is 15.2. The lowest BCUT2D eigenvalue weighted by Crippen LogP contribution is -2.25. The average Bonchev–Trinajstić information content (AvgIpc) is 2.96. The normalized spacial score (nSPS) is 10.7. The van der Waals surface area contributed by atoms with Gasteiger partial charge in [-0.3, -0.25) is 4.79 Å². The van der Waals surface area contributed by atoms with E-state index in [1.807, 2.05) is 24.3 Å². The number of nitrogens with zero attached hydrogens (tertiary/aromatic N) is 2. The van der Waals surface area contributed by atoms with Gasteiger partial charge < -0.3 is 10.1 Å². The molecule has 0 saturated carbocycles. The summed E-state index contributed by atoms with van der Waals surface area (Å²) in [6.07, 6.45) is 0.951. The van der Waals surface area contributed by atoms with Crippen LogP contribution in [-0.4, -0.2) is 29.1 Å². The minimum atomic E-state index is -0.122. The van der Waals surface area contributed by atoms with Gasteiger partial charge in [-0.25, -0.2) is 0 Å². The summed E-state index contributed by atoms with van der Waals surface area (Å²) in [6, 6.07) is 7.46. The van der Waals surface area contributed by atoms with Crippen LogP contribution in [0.4, 0.5) is 0 Å². The average molecular weight is 305 g/mol. The maximum atomic E-state index is 12.2. The number of carbonyl (C=O) groups is 1. The van der Waals surface area contributed by atoms with Crippen LogP contribution < -0.4 is 10.1 Å². The highest BCUT2D eigenvalue weighted by atomic mass is 32.1. The van der Waals surface area contributed by atoms with Crippen molar-refractivity contribution in [2.24, 2.45) is 5.92 Å². The molecule has 6 heteroatoms. The number of methoxy groups -OCH3 is 1. The molecule has 0 radical (unpaired) electrons. The lowest BCUT2D eigenvalue weighted by Gasteiger charge is -2.07. The standard InChI is InChI=1S/C15H19N3O2S/c1-10(2)7-8-16-15(19)14-13(17-18-21-14)11-5-4-6-12(9-11)20-3/h4-6,9-10H,7-8H2,1-3H3,(H,16,19). The number of amides is 1. The van der Waals surface area contributed by atoms with Gasteiger partial charge in [0.05, 0.1) is 7.11 Å². The Balaban J connectivity index is 2.16. The summed E-state index contributed by atoms with van der Waals surface area (Å²) in [7, 11) is 1.61. The quantitative estimate of drug-likeness (QED) is 0.891. The van der Waals surface area contributed by atoms with Crippen LogP contribution in [0.3, 0.4) is 0 Å². The SMILES string of the molecule is COc1cccc(-c2nnsc2C(=O)NCCC(C)C)c1. The molecular weight excluding hydrogens is 286 g/mol. The number of carbonyl (C=O) groups excluding carboxylic acids is 1. The second kappa shape index (κ2) is 7.17. The Labute approximate surface area is 128 Å². The molecule has 0 aliphatic carbocycles. The first-order valence-electron chi connectivity index (χ1n) is 6.86. The predicted molar refractivity (Wildman–Crippen MR) is 83.7 cm³/mol. The monoisotopic (exact) mass is 305 g/mol. The van der Waals surface area contributed by atoms with Crippen molar-refractivity contribution in [2.45, 2.75) is 20.3 Å². The van der Waals surface area contributed by atoms with Gasteiger partial charge in [-0.05, 0) is 36.0 Å². The molecular formula is C15H19N3O2S. The van der Waals surface area contributed by atoms with Crippen LogP contribution in [0.1, 0.15) is 29.9 Å². The molecule has 1 aromatic heterocycles. The van der Waals surface area contributed by atoms with E-state index in [1.165, 1.54) is 0 Å². The summed E-state index contributed by atoms with van der Waals surface area (Å²) >= 11 is 1.11. The highest BCUT2D eigenvalue weighted by molar-refractivity contribution is 7.08. The lowest BCUT2D eigenvalue weighted by atomic mass is 10.1. The Morgan fingerprint density at radius 2 is 2.24 bits per heavy atom. The van der Waals surface area contributed by atoms with E-state index < -0.39 is 0 Å². The fourth-order valence-corrected chi connectivity index (χ4v) is 2.46. The van der Waals surface area contributed by atoms with Crippen LogP contribution in [0.2, 0.25) is 0 Å². The first-order valence-corrected chi connectivity index (χ1v) is 7.64. The molecule has 2 rings (SSSR count). The van der Waals surface area contributed by atoms with E-state index in [0.717, 1.165) is 29.3 Å². The van der Waals surface area contributed by atoms with Crippen molar-refractivity contribution < 1.29 is 9.53 Å². The summed E-state index contributed by atoms with van der Waals surface area (Å²) in [4.78, 5) is 12.8. The Morgan fingerprint density at radius 1 is 1.43 bits per heavy atom. The molecule has 2 aromatic rings. The number of aromatic nitrogens is 2. The van der Waals surface area contributed by atoms with E-state index in [1.54, 1.807) is 7.11 Å². The molecule has 112 valence electrons. The fourth-order valence-electron chi connectivity index (χ4n) is 1.85. The Hall–Kier alpha value is -1.95. The molecule has 1 aromatic carbocycles. The molecule has 21 heavy (non-hydrogen) atoms. The second-order valence-corrected chi connectivity index (χ2v) is 5.88. The molecule has 0 unspecified atom stereocenters. The van der Waals surface area contributed by atoms with Crippen molar-refractivity contribution in [1.82, 2.24) is 14.9 Å². The van der Waals surface area contributed by atoms with E-state index in [9.17, 15) is 4.79 Å². The van der Waals surface area contributed by atoms with Gasteiger partial charge in [-0.2, -0.15) is 0 Å². The van der Waals surface area contributed by atoms with Crippen LogP contribution in [0, 0.1) is 5.92 Å². The van der Waals surface area contributed by atoms with Crippen molar-refractivity contribution in [2.75, 3.05) is 13.7 Å². The van der Waals surface area contributed by atoms with Gasteiger partial charge in [0.15, 0.2) is 0 Å². The Morgan fingerprint density at radius 3 is 2.95 bits per heavy atom. The molecule has 5 nitrogen and oxygen atoms in total. The summed E-state index contributed by atoms with van der Waals surface area (Å²) in [5.41, 5.74) is 1.43. The molecule has 0 saturated heterocycles. The van der Waals surface area contributed by atoms with Crippen molar-refractivity contribution >= 4 is 17.4 Å². The van der Waals surface area contributed by atoms with Crippen LogP contribution in [-0.2, 0) is 0 Å². The van der Waals surface area contributed by atoms with Crippen LogP contribution >= 0.6 is 11.5 Å². The predicted octanol–water partition coefficient (Wildman–Crippen LogP) is 2.99. The summed E-state index contributed by atoms with van der Waals surface area (Å²) in [6.45, 7) is 4.91. The highest BCUT2D eigenvalue weighted by Gasteiger charge is 2.17. The van der Waals surface area contributed by atoms with Gasteiger partial charge >= 0.3 is 0 Å². The van der Waals surface area contributed by atoms with E-state index in [4.69, 9.17) is 4.74 Å². The molecule has 0 fully saturated rings. The number of ether oxygens (including phenoxy) is 1. The van der Waals surface area contributed by atoms with Crippen LogP contribution in [0.15, 0.2) is 24.3 Å². The highest BCUT2D eigenvalue weighted by Crippen LogP contribution is 2.26. The van der Waals surface area contributed by atoms with E-state index >= 15 is 0 Å². The van der Waals surface area contributed by atoms with Gasteiger partial charge in [0.25, 0.3) is 5.91 Å². The van der Waals surface area contributed by atoms with Crippen LogP contribution in [0.5, 0.6) is 5.75 Å². The van der Waals surface area contributed by atoms with Gasteiger partial charge in [-0.1, -0.05) is 30.5 Å². The van der Waals surface area contributed by atoms with Gasteiger partial charge in [-0.15, -0.1) is 5.10 Å². The van der Waals surface area contributed by atoms with E-state index in [0.29, 0.717) is 23.0 Å². The van der Waals surface area contributed by atoms with Crippen LogP contribution in [0.25, 0.3) is 11.3 Å². The van der Waals surface area contributed by atoms with Gasteiger partial charge in [0, 0.05) is 12.1 Å². The third-order valence-corrected chi connectivity index (χ3v) is 3.77. The van der Waals surface area contributed by atoms with Gasteiger partial charge in [0.1, 0.15) is 16.3 Å². The molecule has 0 spiro atoms. The van der Waals surface area contributed by atoms with Crippen molar-refractivity contribution in [1.29, 1.82) is 0 Å².